The van der Waals surface area contributed by atoms with Gasteiger partial charge in [-0.1, -0.05) is 18.2 Å². The molecule has 186 valence electrons. The number of ether oxygens (including phenoxy) is 1. The van der Waals surface area contributed by atoms with Crippen molar-refractivity contribution in [1.82, 2.24) is 19.9 Å². The van der Waals surface area contributed by atoms with Gasteiger partial charge in [-0.3, -0.25) is 14.8 Å². The van der Waals surface area contributed by atoms with Crippen LogP contribution in [0.25, 0.3) is 21.9 Å². The molecule has 3 fully saturated rings. The molecule has 4 aromatic rings. The van der Waals surface area contributed by atoms with Crippen LogP contribution in [0, 0.1) is 12.7 Å². The molecule has 5 heterocycles. The van der Waals surface area contributed by atoms with Crippen LogP contribution >= 0.6 is 0 Å². The predicted molar refractivity (Wildman–Crippen MR) is 138 cm³/mol. The Morgan fingerprint density at radius 3 is 2.72 bits per heavy atom. The van der Waals surface area contributed by atoms with E-state index < -0.39 is 0 Å². The van der Waals surface area contributed by atoms with Crippen molar-refractivity contribution < 1.29 is 9.13 Å². The number of fused-ring (bicyclic) bond motifs is 5. The molecule has 2 saturated heterocycles. The number of nitrogens with one attached hydrogen (secondary N) is 1. The van der Waals surface area contributed by atoms with Gasteiger partial charge in [0.25, 0.3) is 5.56 Å². The molecule has 3 aliphatic rings. The first-order valence-corrected chi connectivity index (χ1v) is 12.7. The third-order valence-electron chi connectivity index (χ3n) is 8.37. The lowest BCUT2D eigenvalue weighted by atomic mass is 9.69. The van der Waals surface area contributed by atoms with Gasteiger partial charge in [-0.05, 0) is 75.1 Å². The summed E-state index contributed by atoms with van der Waals surface area (Å²) in [5.41, 5.74) is 4.28. The maximum absolute atomic E-state index is 14.7. The van der Waals surface area contributed by atoms with Crippen molar-refractivity contribution in [3.8, 4) is 0 Å². The zero-order chi connectivity index (χ0) is 24.9. The van der Waals surface area contributed by atoms with E-state index in [-0.39, 0.29) is 22.5 Å². The van der Waals surface area contributed by atoms with Crippen molar-refractivity contribution in [2.75, 3.05) is 6.61 Å². The minimum atomic E-state index is -0.295. The van der Waals surface area contributed by atoms with Gasteiger partial charge in [0, 0.05) is 36.0 Å². The molecule has 1 aliphatic carbocycles. The number of pyridine rings is 3. The van der Waals surface area contributed by atoms with E-state index in [1.54, 1.807) is 4.57 Å². The molecule has 0 amide bonds. The molecule has 1 aromatic carbocycles. The van der Waals surface area contributed by atoms with E-state index in [0.717, 1.165) is 59.8 Å². The summed E-state index contributed by atoms with van der Waals surface area (Å²) >= 11 is 0. The van der Waals surface area contributed by atoms with Gasteiger partial charge < -0.3 is 14.6 Å². The van der Waals surface area contributed by atoms with E-state index in [9.17, 15) is 9.18 Å². The van der Waals surface area contributed by atoms with Crippen molar-refractivity contribution in [3.63, 3.8) is 0 Å². The number of hydrogen-bond donors (Lipinski definition) is 1. The second-order valence-electron chi connectivity index (χ2n) is 10.6. The Balaban J connectivity index is 1.14. The van der Waals surface area contributed by atoms with Crippen LogP contribution in [0.3, 0.4) is 0 Å². The molecule has 0 radical (unpaired) electrons. The average molecular weight is 487 g/mol. The zero-order valence-electron chi connectivity index (χ0n) is 20.8. The molecule has 0 spiro atoms. The fraction of sp³-hybridized carbons (Fsp3) is 0.414. The van der Waals surface area contributed by atoms with Gasteiger partial charge in [0.05, 0.1) is 35.0 Å². The highest BCUT2D eigenvalue weighted by Crippen LogP contribution is 2.46. The van der Waals surface area contributed by atoms with E-state index in [2.05, 4.69) is 15.3 Å². The number of aromatic nitrogens is 3. The first-order chi connectivity index (χ1) is 17.4. The van der Waals surface area contributed by atoms with Crippen molar-refractivity contribution >= 4 is 21.9 Å². The van der Waals surface area contributed by atoms with Crippen LogP contribution in [0.4, 0.5) is 4.39 Å². The Morgan fingerprint density at radius 2 is 1.94 bits per heavy atom. The largest absolute Gasteiger partial charge is 0.373 e. The maximum Gasteiger partial charge on any atom is 0.255 e. The van der Waals surface area contributed by atoms with Crippen LogP contribution in [-0.4, -0.2) is 32.3 Å². The van der Waals surface area contributed by atoms with Gasteiger partial charge in [-0.2, -0.15) is 0 Å². The number of nitrogens with zero attached hydrogens (tertiary/aromatic N) is 3. The normalized spacial score (nSPS) is 23.5. The molecular formula is C29H31FN4O2. The summed E-state index contributed by atoms with van der Waals surface area (Å²) in [4.78, 5) is 21.7. The van der Waals surface area contributed by atoms with E-state index in [1.807, 2.05) is 56.4 Å². The van der Waals surface area contributed by atoms with Gasteiger partial charge >= 0.3 is 0 Å². The minimum absolute atomic E-state index is 0.0370. The van der Waals surface area contributed by atoms with E-state index in [4.69, 9.17) is 4.74 Å². The molecule has 2 bridgehead atoms. The molecule has 7 heteroatoms. The lowest BCUT2D eigenvalue weighted by Gasteiger charge is -2.53. The Bertz CT molecular complexity index is 1500. The van der Waals surface area contributed by atoms with Crippen molar-refractivity contribution in [2.45, 2.75) is 63.1 Å². The second-order valence-corrected chi connectivity index (χ2v) is 10.6. The number of rotatable bonds is 6. The zero-order valence-corrected chi connectivity index (χ0v) is 20.8. The second kappa shape index (κ2) is 8.75. The Hall–Kier alpha value is -3.16. The third-order valence-corrected chi connectivity index (χ3v) is 8.37. The number of aryl methyl sites for hydroxylation is 3. The predicted octanol–water partition coefficient (Wildman–Crippen LogP) is 4.73. The van der Waals surface area contributed by atoms with Gasteiger partial charge in [0.1, 0.15) is 5.82 Å². The van der Waals surface area contributed by atoms with Crippen LogP contribution in [-0.2, 0) is 24.8 Å². The summed E-state index contributed by atoms with van der Waals surface area (Å²) in [5.74, 6) is -0.295. The van der Waals surface area contributed by atoms with Crippen molar-refractivity contribution in [1.29, 1.82) is 0 Å². The molecule has 7 rings (SSSR count). The van der Waals surface area contributed by atoms with E-state index in [1.165, 1.54) is 6.20 Å². The number of para-hydroxylation sites is 1. The fourth-order valence-corrected chi connectivity index (χ4v) is 6.00. The topological polar surface area (TPSA) is 69.0 Å². The highest BCUT2D eigenvalue weighted by molar-refractivity contribution is 5.79. The third kappa shape index (κ3) is 4.00. The molecule has 6 nitrogen and oxygen atoms in total. The minimum Gasteiger partial charge on any atom is -0.373 e. The summed E-state index contributed by atoms with van der Waals surface area (Å²) in [7, 11) is 1.83. The molecule has 1 N–H and O–H groups in total. The Labute approximate surface area is 209 Å². The lowest BCUT2D eigenvalue weighted by Crippen LogP contribution is -2.61. The first kappa shape index (κ1) is 23.3. The van der Waals surface area contributed by atoms with Crippen LogP contribution in [0.2, 0.25) is 0 Å². The first-order valence-electron chi connectivity index (χ1n) is 12.7. The fourth-order valence-electron chi connectivity index (χ4n) is 6.00. The summed E-state index contributed by atoms with van der Waals surface area (Å²) in [6.07, 6.45) is 6.46. The molecule has 1 saturated carbocycles. The molecule has 2 aliphatic heterocycles. The van der Waals surface area contributed by atoms with Crippen LogP contribution in [0.1, 0.15) is 48.9 Å². The number of benzene rings is 1. The summed E-state index contributed by atoms with van der Waals surface area (Å²) < 4.78 is 22.9. The van der Waals surface area contributed by atoms with Crippen LogP contribution in [0.15, 0.2) is 53.5 Å². The van der Waals surface area contributed by atoms with Gasteiger partial charge in [0.2, 0.25) is 0 Å². The standard InChI is InChI=1S/C29H31FN4O2/c1-19-7-8-24-26(33-19)22(23(30)17-31-24)9-10-29-13-11-28(12-14-29,18-36-29)32-16-21-15-20-5-3-4-6-25(20)34(2)27(21)35/h3-8,15,17,32H,9-14,16,18H2,1-2H3. The van der Waals surface area contributed by atoms with Gasteiger partial charge in [-0.25, -0.2) is 4.39 Å². The quantitative estimate of drug-likeness (QED) is 0.427. The lowest BCUT2D eigenvalue weighted by molar-refractivity contribution is -0.165. The molecule has 36 heavy (non-hydrogen) atoms. The van der Waals surface area contributed by atoms with Crippen molar-refractivity contribution in [3.05, 3.63) is 81.7 Å². The number of halogens is 1. The number of hydrogen-bond acceptors (Lipinski definition) is 5. The van der Waals surface area contributed by atoms with Gasteiger partial charge in [0.15, 0.2) is 0 Å². The monoisotopic (exact) mass is 486 g/mol. The van der Waals surface area contributed by atoms with E-state index >= 15 is 0 Å². The average Bonchev–Trinajstić information content (AvgIpc) is 2.90. The highest BCUT2D eigenvalue weighted by Gasteiger charge is 2.49. The van der Waals surface area contributed by atoms with Crippen molar-refractivity contribution in [2.24, 2.45) is 7.05 Å². The van der Waals surface area contributed by atoms with E-state index in [0.29, 0.717) is 30.7 Å². The Kier molecular flexibility index (Phi) is 5.65. The van der Waals surface area contributed by atoms with Gasteiger partial charge in [-0.15, -0.1) is 0 Å². The molecule has 0 unspecified atom stereocenters. The Morgan fingerprint density at radius 1 is 1.14 bits per heavy atom. The molecule has 3 aromatic heterocycles. The summed E-state index contributed by atoms with van der Waals surface area (Å²) in [6.45, 7) is 3.05. The molecule has 0 atom stereocenters. The SMILES string of the molecule is Cc1ccc2ncc(F)c(CCC34CCC(NCc5cc6ccccc6n(C)c5=O)(CC3)CO4)c2n1. The molecular weight excluding hydrogens is 455 g/mol. The summed E-state index contributed by atoms with van der Waals surface area (Å²) in [6, 6.07) is 13.8. The maximum atomic E-state index is 14.7. The highest BCUT2D eigenvalue weighted by atomic mass is 19.1. The van der Waals surface area contributed by atoms with Crippen LogP contribution < -0.4 is 10.9 Å². The van der Waals surface area contributed by atoms with Crippen LogP contribution in [0.5, 0.6) is 0 Å². The summed E-state index contributed by atoms with van der Waals surface area (Å²) in [5, 5.41) is 4.75. The smallest absolute Gasteiger partial charge is 0.255 e.